The Hall–Kier alpha value is -1.43. The molecule has 2 aliphatic rings. The number of aromatic nitrogens is 1. The van der Waals surface area contributed by atoms with Gasteiger partial charge in [0.25, 0.3) is 10.2 Å². The maximum Gasteiger partial charge on any atom is 0.417 e. The summed E-state index contributed by atoms with van der Waals surface area (Å²) in [5.74, 6) is 0.354. The molecule has 146 valence electrons. The summed E-state index contributed by atoms with van der Waals surface area (Å²) >= 11 is 0. The first-order chi connectivity index (χ1) is 12.3. The molecule has 3 rings (SSSR count). The van der Waals surface area contributed by atoms with Gasteiger partial charge in [-0.05, 0) is 25.0 Å². The Balaban J connectivity index is 1.53. The molecule has 26 heavy (non-hydrogen) atoms. The molecule has 0 atom stereocenters. The number of ether oxygens (including phenoxy) is 1. The Kier molecular flexibility index (Phi) is 5.70. The summed E-state index contributed by atoms with van der Waals surface area (Å²) in [5, 5.41) is 3.08. The highest BCUT2D eigenvalue weighted by Crippen LogP contribution is 2.29. The van der Waals surface area contributed by atoms with Gasteiger partial charge in [-0.25, -0.2) is 4.98 Å². The van der Waals surface area contributed by atoms with Crippen LogP contribution in [0.3, 0.4) is 0 Å². The highest BCUT2D eigenvalue weighted by molar-refractivity contribution is 7.86. The van der Waals surface area contributed by atoms with Gasteiger partial charge in [0.15, 0.2) is 0 Å². The van der Waals surface area contributed by atoms with Crippen LogP contribution in [-0.4, -0.2) is 67.4 Å². The number of rotatable bonds is 4. The predicted molar refractivity (Wildman–Crippen MR) is 88.8 cm³/mol. The van der Waals surface area contributed by atoms with E-state index in [9.17, 15) is 21.6 Å². The van der Waals surface area contributed by atoms with Crippen LogP contribution in [0.2, 0.25) is 0 Å². The number of alkyl halides is 3. The number of anilines is 1. The number of hydrogen-bond acceptors (Lipinski definition) is 5. The summed E-state index contributed by atoms with van der Waals surface area (Å²) in [5.41, 5.74) is -0.797. The van der Waals surface area contributed by atoms with Crippen LogP contribution in [0.25, 0.3) is 0 Å². The van der Waals surface area contributed by atoms with E-state index in [0.29, 0.717) is 58.1 Å². The molecule has 0 saturated carbocycles. The minimum atomic E-state index is -4.41. The van der Waals surface area contributed by atoms with Crippen LogP contribution in [0.15, 0.2) is 18.3 Å². The van der Waals surface area contributed by atoms with Crippen molar-refractivity contribution >= 4 is 16.0 Å². The minimum absolute atomic E-state index is 0.0321. The summed E-state index contributed by atoms with van der Waals surface area (Å²) < 4.78 is 70.9. The standard InChI is InChI=1S/C15H21F3N4O3S/c16-15(17,18)12-1-2-14(19-11-12)20-13-3-5-21(6-4-13)26(23,24)22-7-9-25-10-8-22/h1-2,11,13H,3-10H2,(H,19,20). The summed E-state index contributed by atoms with van der Waals surface area (Å²) in [4.78, 5) is 3.80. The largest absolute Gasteiger partial charge is 0.417 e. The third-order valence-corrected chi connectivity index (χ3v) is 6.55. The molecule has 0 spiro atoms. The summed E-state index contributed by atoms with van der Waals surface area (Å²) in [7, 11) is -3.49. The number of pyridine rings is 1. The Morgan fingerprint density at radius 2 is 1.69 bits per heavy atom. The maximum atomic E-state index is 12.6. The lowest BCUT2D eigenvalue weighted by Crippen LogP contribution is -2.51. The van der Waals surface area contributed by atoms with Crippen LogP contribution in [0.1, 0.15) is 18.4 Å². The number of halogens is 3. The van der Waals surface area contributed by atoms with Crippen LogP contribution in [0, 0.1) is 0 Å². The Labute approximate surface area is 150 Å². The molecule has 0 radical (unpaired) electrons. The molecule has 1 aromatic heterocycles. The zero-order valence-corrected chi connectivity index (χ0v) is 14.9. The number of nitrogens with zero attached hydrogens (tertiary/aromatic N) is 3. The molecule has 3 heterocycles. The third kappa shape index (κ3) is 4.45. The van der Waals surface area contributed by atoms with Crippen molar-refractivity contribution < 1.29 is 26.3 Å². The number of nitrogens with one attached hydrogen (secondary N) is 1. The number of piperidine rings is 1. The third-order valence-electron chi connectivity index (χ3n) is 4.52. The minimum Gasteiger partial charge on any atom is -0.379 e. The van der Waals surface area contributed by atoms with Crippen molar-refractivity contribution in [2.45, 2.75) is 25.1 Å². The fraction of sp³-hybridized carbons (Fsp3) is 0.667. The van der Waals surface area contributed by atoms with E-state index in [0.717, 1.165) is 12.3 Å². The van der Waals surface area contributed by atoms with E-state index in [1.54, 1.807) is 0 Å². The molecule has 2 aliphatic heterocycles. The smallest absolute Gasteiger partial charge is 0.379 e. The molecule has 2 fully saturated rings. The Morgan fingerprint density at radius 1 is 1.08 bits per heavy atom. The fourth-order valence-corrected chi connectivity index (χ4v) is 4.64. The second-order valence-electron chi connectivity index (χ2n) is 6.27. The molecule has 7 nitrogen and oxygen atoms in total. The van der Waals surface area contributed by atoms with Crippen molar-refractivity contribution in [3.8, 4) is 0 Å². The first kappa shape index (κ1) is 19.3. The fourth-order valence-electron chi connectivity index (χ4n) is 3.03. The van der Waals surface area contributed by atoms with E-state index in [2.05, 4.69) is 10.3 Å². The molecule has 1 N–H and O–H groups in total. The lowest BCUT2D eigenvalue weighted by molar-refractivity contribution is -0.137. The van der Waals surface area contributed by atoms with E-state index in [1.165, 1.54) is 14.7 Å². The highest BCUT2D eigenvalue weighted by atomic mass is 32.2. The monoisotopic (exact) mass is 394 g/mol. The van der Waals surface area contributed by atoms with Crippen LogP contribution >= 0.6 is 0 Å². The molecule has 0 aromatic carbocycles. The van der Waals surface area contributed by atoms with Gasteiger partial charge in [-0.1, -0.05) is 0 Å². The van der Waals surface area contributed by atoms with Crippen molar-refractivity contribution in [1.29, 1.82) is 0 Å². The maximum absolute atomic E-state index is 12.6. The highest BCUT2D eigenvalue weighted by Gasteiger charge is 2.34. The van der Waals surface area contributed by atoms with Gasteiger partial charge in [0.2, 0.25) is 0 Å². The lowest BCUT2D eigenvalue weighted by atomic mass is 10.1. The molecular weight excluding hydrogens is 373 g/mol. The molecule has 0 amide bonds. The van der Waals surface area contributed by atoms with Crippen molar-refractivity contribution in [1.82, 2.24) is 13.6 Å². The summed E-state index contributed by atoms with van der Waals surface area (Å²) in [6, 6.07) is 2.24. The molecule has 0 unspecified atom stereocenters. The summed E-state index contributed by atoms with van der Waals surface area (Å²) in [6.07, 6.45) is -2.50. The van der Waals surface area contributed by atoms with Gasteiger partial charge in [0.05, 0.1) is 18.8 Å². The van der Waals surface area contributed by atoms with E-state index in [1.807, 2.05) is 0 Å². The second-order valence-corrected chi connectivity index (χ2v) is 8.20. The SMILES string of the molecule is O=S(=O)(N1CCOCC1)N1CCC(Nc2ccc(C(F)(F)F)cn2)CC1. The molecule has 0 bridgehead atoms. The Morgan fingerprint density at radius 3 is 2.23 bits per heavy atom. The average Bonchev–Trinajstić information content (AvgIpc) is 2.63. The van der Waals surface area contributed by atoms with Gasteiger partial charge in [0.1, 0.15) is 5.82 Å². The van der Waals surface area contributed by atoms with Gasteiger partial charge < -0.3 is 10.1 Å². The van der Waals surface area contributed by atoms with Gasteiger partial charge in [-0.15, -0.1) is 0 Å². The van der Waals surface area contributed by atoms with Gasteiger partial charge in [-0.2, -0.15) is 30.2 Å². The second kappa shape index (κ2) is 7.67. The first-order valence-corrected chi connectivity index (χ1v) is 9.79. The zero-order chi connectivity index (χ0) is 18.8. The van der Waals surface area contributed by atoms with Crippen molar-refractivity contribution in [3.63, 3.8) is 0 Å². The van der Waals surface area contributed by atoms with E-state index >= 15 is 0 Å². The van der Waals surface area contributed by atoms with Crippen LogP contribution in [-0.2, 0) is 21.1 Å². The number of morpholine rings is 1. The average molecular weight is 394 g/mol. The molecule has 0 aliphatic carbocycles. The van der Waals surface area contributed by atoms with Gasteiger partial charge in [0, 0.05) is 38.4 Å². The zero-order valence-electron chi connectivity index (χ0n) is 14.1. The van der Waals surface area contributed by atoms with Crippen LogP contribution in [0.5, 0.6) is 0 Å². The van der Waals surface area contributed by atoms with Gasteiger partial charge in [-0.3, -0.25) is 0 Å². The van der Waals surface area contributed by atoms with E-state index < -0.39 is 21.9 Å². The van der Waals surface area contributed by atoms with Crippen LogP contribution < -0.4 is 5.32 Å². The van der Waals surface area contributed by atoms with Crippen molar-refractivity contribution in [3.05, 3.63) is 23.9 Å². The topological polar surface area (TPSA) is 74.8 Å². The van der Waals surface area contributed by atoms with E-state index in [-0.39, 0.29) is 6.04 Å². The first-order valence-electron chi connectivity index (χ1n) is 8.39. The normalized spacial score (nSPS) is 21.7. The summed E-state index contributed by atoms with van der Waals surface area (Å²) in [6.45, 7) is 2.23. The molecular formula is C15H21F3N4O3S. The lowest BCUT2D eigenvalue weighted by Gasteiger charge is -2.36. The van der Waals surface area contributed by atoms with E-state index in [4.69, 9.17) is 4.74 Å². The van der Waals surface area contributed by atoms with Crippen molar-refractivity contribution in [2.75, 3.05) is 44.7 Å². The predicted octanol–water partition coefficient (Wildman–Crippen LogP) is 1.55. The molecule has 1 aromatic rings. The molecule has 2 saturated heterocycles. The Bertz CT molecular complexity index is 698. The van der Waals surface area contributed by atoms with Crippen molar-refractivity contribution in [2.24, 2.45) is 0 Å². The van der Waals surface area contributed by atoms with Gasteiger partial charge >= 0.3 is 6.18 Å². The quantitative estimate of drug-likeness (QED) is 0.839. The molecule has 11 heteroatoms. The number of hydrogen-bond donors (Lipinski definition) is 1. The van der Waals surface area contributed by atoms with Crippen LogP contribution in [0.4, 0.5) is 19.0 Å².